The average Bonchev–Trinajstić information content (AvgIpc) is 3.17. The lowest BCUT2D eigenvalue weighted by Crippen LogP contribution is -2.44. The van der Waals surface area contributed by atoms with Crippen molar-refractivity contribution in [2.24, 2.45) is 0 Å². The predicted octanol–water partition coefficient (Wildman–Crippen LogP) is 2.43. The number of nitrogens with zero attached hydrogens (tertiary/aromatic N) is 3. The van der Waals surface area contributed by atoms with Crippen LogP contribution in [0, 0.1) is 6.92 Å². The third-order valence-corrected chi connectivity index (χ3v) is 4.24. The van der Waals surface area contributed by atoms with Crippen LogP contribution in [0.2, 0.25) is 0 Å². The Hall–Kier alpha value is -2.02. The van der Waals surface area contributed by atoms with E-state index in [1.54, 1.807) is 18.5 Å². The molecule has 2 aromatic heterocycles. The van der Waals surface area contributed by atoms with Gasteiger partial charge in [-0.1, -0.05) is 18.0 Å². The van der Waals surface area contributed by atoms with Crippen molar-refractivity contribution in [1.29, 1.82) is 0 Å². The second-order valence-electron chi connectivity index (χ2n) is 5.16. The fraction of sp³-hybridized carbons (Fsp3) is 0.429. The highest BCUT2D eigenvalue weighted by Gasteiger charge is 2.40. The van der Waals surface area contributed by atoms with Gasteiger partial charge in [0.15, 0.2) is 5.82 Å². The largest absolute Gasteiger partial charge is 0.340 e. The number of thiazole rings is 1. The summed E-state index contributed by atoms with van der Waals surface area (Å²) in [6, 6.07) is 0. The van der Waals surface area contributed by atoms with E-state index in [1.165, 1.54) is 17.4 Å². The van der Waals surface area contributed by atoms with Gasteiger partial charge in [0.1, 0.15) is 5.54 Å². The van der Waals surface area contributed by atoms with Crippen molar-refractivity contribution in [1.82, 2.24) is 20.4 Å². The smallest absolute Gasteiger partial charge is 0.244 e. The number of aryl methyl sites for hydroxylation is 1. The first kappa shape index (κ1) is 13.9. The normalized spacial score (nSPS) is 17.4. The molecule has 1 aliphatic carbocycles. The molecule has 110 valence electrons. The quantitative estimate of drug-likeness (QED) is 0.877. The van der Waals surface area contributed by atoms with Crippen molar-refractivity contribution < 1.29 is 9.32 Å². The molecule has 3 rings (SSSR count). The van der Waals surface area contributed by atoms with Crippen molar-refractivity contribution in [3.05, 3.63) is 34.4 Å². The molecule has 1 saturated carbocycles. The number of hydrogen-bond donors (Lipinski definition) is 1. The van der Waals surface area contributed by atoms with E-state index in [0.717, 1.165) is 31.4 Å². The first-order valence-corrected chi connectivity index (χ1v) is 7.81. The van der Waals surface area contributed by atoms with E-state index >= 15 is 0 Å². The van der Waals surface area contributed by atoms with E-state index in [4.69, 9.17) is 4.52 Å². The van der Waals surface area contributed by atoms with Gasteiger partial charge in [0.2, 0.25) is 11.8 Å². The van der Waals surface area contributed by atoms with Crippen LogP contribution >= 0.6 is 11.3 Å². The summed E-state index contributed by atoms with van der Waals surface area (Å²) < 4.78 is 5.06. The minimum atomic E-state index is -0.499. The summed E-state index contributed by atoms with van der Waals surface area (Å²) in [5.74, 6) is 0.934. The minimum absolute atomic E-state index is 0.160. The second kappa shape index (κ2) is 5.77. The number of rotatable bonds is 4. The molecular formula is C14H16N4O2S. The van der Waals surface area contributed by atoms with Gasteiger partial charge in [-0.2, -0.15) is 4.98 Å². The summed E-state index contributed by atoms with van der Waals surface area (Å²) in [5, 5.41) is 8.93. The number of carbonyl (C=O) groups excluding carboxylic acids is 1. The zero-order valence-corrected chi connectivity index (χ0v) is 12.5. The van der Waals surface area contributed by atoms with E-state index < -0.39 is 5.54 Å². The first-order valence-electron chi connectivity index (χ1n) is 6.87. The number of aromatic nitrogens is 3. The monoisotopic (exact) mass is 304 g/mol. The Labute approximate surface area is 126 Å². The van der Waals surface area contributed by atoms with Crippen LogP contribution in [0.4, 0.5) is 0 Å². The van der Waals surface area contributed by atoms with Gasteiger partial charge in [-0.3, -0.25) is 4.79 Å². The van der Waals surface area contributed by atoms with Crippen molar-refractivity contribution in [3.63, 3.8) is 0 Å². The SMILES string of the molecule is Cc1nc(C2(NC(=O)/C=C/c3cscn3)CCCC2)no1. The van der Waals surface area contributed by atoms with Gasteiger partial charge in [-0.05, 0) is 18.9 Å². The Balaban J connectivity index is 1.75. The zero-order valence-electron chi connectivity index (χ0n) is 11.7. The standard InChI is InChI=1S/C14H16N4O2S/c1-10-16-13(18-20-10)14(6-2-3-7-14)17-12(19)5-4-11-8-21-9-15-11/h4-5,8-9H,2-3,6-7H2,1H3,(H,17,19)/b5-4+. The lowest BCUT2D eigenvalue weighted by atomic mass is 9.96. The highest BCUT2D eigenvalue weighted by molar-refractivity contribution is 7.07. The van der Waals surface area contributed by atoms with Crippen molar-refractivity contribution in [2.45, 2.75) is 38.1 Å². The summed E-state index contributed by atoms with van der Waals surface area (Å²) >= 11 is 1.50. The van der Waals surface area contributed by atoms with Crippen molar-refractivity contribution >= 4 is 23.3 Å². The molecule has 0 saturated heterocycles. The van der Waals surface area contributed by atoms with E-state index in [-0.39, 0.29) is 5.91 Å². The van der Waals surface area contributed by atoms with Gasteiger partial charge < -0.3 is 9.84 Å². The molecule has 21 heavy (non-hydrogen) atoms. The van der Waals surface area contributed by atoms with Crippen LogP contribution in [-0.2, 0) is 10.3 Å². The van der Waals surface area contributed by atoms with Crippen LogP contribution in [0.15, 0.2) is 21.5 Å². The molecule has 0 radical (unpaired) electrons. The van der Waals surface area contributed by atoms with Crippen LogP contribution < -0.4 is 5.32 Å². The Morgan fingerprint density at radius 3 is 2.90 bits per heavy atom. The minimum Gasteiger partial charge on any atom is -0.340 e. The zero-order chi connectivity index (χ0) is 14.7. The molecular weight excluding hydrogens is 288 g/mol. The summed E-state index contributed by atoms with van der Waals surface area (Å²) in [5.41, 5.74) is 2.02. The van der Waals surface area contributed by atoms with Gasteiger partial charge in [-0.15, -0.1) is 11.3 Å². The number of carbonyl (C=O) groups is 1. The molecule has 1 N–H and O–H groups in total. The van der Waals surface area contributed by atoms with Gasteiger partial charge in [-0.25, -0.2) is 4.98 Å². The third kappa shape index (κ3) is 3.02. The summed E-state index contributed by atoms with van der Waals surface area (Å²) in [7, 11) is 0. The summed E-state index contributed by atoms with van der Waals surface area (Å²) in [6.45, 7) is 1.75. The maximum absolute atomic E-state index is 12.2. The molecule has 0 unspecified atom stereocenters. The van der Waals surface area contributed by atoms with E-state index in [2.05, 4.69) is 20.4 Å². The average molecular weight is 304 g/mol. The fourth-order valence-corrected chi connectivity index (χ4v) is 3.14. The molecule has 6 nitrogen and oxygen atoms in total. The molecule has 7 heteroatoms. The molecule has 1 amide bonds. The first-order chi connectivity index (χ1) is 10.2. The number of nitrogens with one attached hydrogen (secondary N) is 1. The molecule has 0 spiro atoms. The molecule has 2 heterocycles. The fourth-order valence-electron chi connectivity index (χ4n) is 2.62. The second-order valence-corrected chi connectivity index (χ2v) is 5.88. The summed E-state index contributed by atoms with van der Waals surface area (Å²) in [6.07, 6.45) is 6.97. The van der Waals surface area contributed by atoms with Crippen LogP contribution in [0.1, 0.15) is 43.1 Å². The Morgan fingerprint density at radius 2 is 2.29 bits per heavy atom. The lowest BCUT2D eigenvalue weighted by molar-refractivity contribution is -0.118. The van der Waals surface area contributed by atoms with Gasteiger partial charge in [0.25, 0.3) is 0 Å². The highest BCUT2D eigenvalue weighted by atomic mass is 32.1. The number of hydrogen-bond acceptors (Lipinski definition) is 6. The van der Waals surface area contributed by atoms with E-state index in [0.29, 0.717) is 11.7 Å². The van der Waals surface area contributed by atoms with Gasteiger partial charge in [0, 0.05) is 18.4 Å². The van der Waals surface area contributed by atoms with E-state index in [9.17, 15) is 4.79 Å². The molecule has 0 atom stereocenters. The maximum Gasteiger partial charge on any atom is 0.244 e. The van der Waals surface area contributed by atoms with Crippen LogP contribution in [0.5, 0.6) is 0 Å². The van der Waals surface area contributed by atoms with Crippen molar-refractivity contribution in [3.8, 4) is 0 Å². The Kier molecular flexibility index (Phi) is 3.83. The number of amides is 1. The van der Waals surface area contributed by atoms with Gasteiger partial charge >= 0.3 is 0 Å². The topological polar surface area (TPSA) is 80.9 Å². The van der Waals surface area contributed by atoms with Crippen LogP contribution in [0.25, 0.3) is 6.08 Å². The molecule has 0 aromatic carbocycles. The van der Waals surface area contributed by atoms with Crippen LogP contribution in [0.3, 0.4) is 0 Å². The molecule has 0 aliphatic heterocycles. The Morgan fingerprint density at radius 1 is 1.48 bits per heavy atom. The maximum atomic E-state index is 12.2. The van der Waals surface area contributed by atoms with E-state index in [1.807, 2.05) is 5.38 Å². The van der Waals surface area contributed by atoms with Crippen LogP contribution in [-0.4, -0.2) is 21.0 Å². The summed E-state index contributed by atoms with van der Waals surface area (Å²) in [4.78, 5) is 20.6. The molecule has 1 fully saturated rings. The van der Waals surface area contributed by atoms with Gasteiger partial charge in [0.05, 0.1) is 11.2 Å². The molecule has 0 bridgehead atoms. The molecule has 1 aliphatic rings. The highest BCUT2D eigenvalue weighted by Crippen LogP contribution is 2.37. The predicted molar refractivity (Wildman–Crippen MR) is 78.5 cm³/mol. The Bertz CT molecular complexity index is 642. The molecule has 2 aromatic rings. The van der Waals surface area contributed by atoms with Crippen molar-refractivity contribution in [2.75, 3.05) is 0 Å². The third-order valence-electron chi connectivity index (χ3n) is 3.63. The lowest BCUT2D eigenvalue weighted by Gasteiger charge is -2.25.